The fraction of sp³-hybridized carbons (Fsp3) is 0.929. The van der Waals surface area contributed by atoms with Crippen LogP contribution in [0.15, 0.2) is 0 Å². The van der Waals surface area contributed by atoms with Crippen LogP contribution in [0.25, 0.3) is 0 Å². The van der Waals surface area contributed by atoms with E-state index in [0.717, 1.165) is 19.3 Å². The maximum atomic E-state index is 10.7. The maximum absolute atomic E-state index is 10.7. The molecule has 0 aliphatic heterocycles. The van der Waals surface area contributed by atoms with E-state index in [-0.39, 0.29) is 5.97 Å². The number of unbranched alkanes of at least 4 members (excludes halogenated alkanes) is 2. The van der Waals surface area contributed by atoms with E-state index in [4.69, 9.17) is 10.5 Å². The number of hydrogen-bond donors (Lipinski definition) is 1. The van der Waals surface area contributed by atoms with Gasteiger partial charge in [0.15, 0.2) is 0 Å². The molecular weight excluding hydrogens is 214 g/mol. The lowest BCUT2D eigenvalue weighted by Gasteiger charge is -2.15. The Labute approximate surface area is 106 Å². The van der Waals surface area contributed by atoms with Crippen molar-refractivity contribution in [3.8, 4) is 0 Å². The lowest BCUT2D eigenvalue weighted by atomic mass is 9.97. The Hall–Kier alpha value is -0.570. The van der Waals surface area contributed by atoms with E-state index in [2.05, 4.69) is 6.92 Å². The van der Waals surface area contributed by atoms with Crippen molar-refractivity contribution in [2.75, 3.05) is 6.61 Å². The molecule has 0 aromatic carbocycles. The van der Waals surface area contributed by atoms with E-state index in [1.165, 1.54) is 32.1 Å². The van der Waals surface area contributed by atoms with Gasteiger partial charge in [0, 0.05) is 12.5 Å². The number of hydrogen-bond acceptors (Lipinski definition) is 3. The van der Waals surface area contributed by atoms with Crippen LogP contribution in [-0.2, 0) is 9.53 Å². The number of nitrogens with two attached hydrogens (primary N) is 1. The summed E-state index contributed by atoms with van der Waals surface area (Å²) in [6.07, 6.45) is 10.5. The molecule has 0 aromatic heterocycles. The summed E-state index contributed by atoms with van der Waals surface area (Å²) in [6.45, 7) is 4.45. The zero-order valence-corrected chi connectivity index (χ0v) is 11.5. The molecule has 0 heterocycles. The quantitative estimate of drug-likeness (QED) is 0.594. The van der Waals surface area contributed by atoms with Gasteiger partial charge in [-0.3, -0.25) is 4.79 Å². The van der Waals surface area contributed by atoms with E-state index in [9.17, 15) is 4.79 Å². The summed E-state index contributed by atoms with van der Waals surface area (Å²) < 4.78 is 4.75. The van der Waals surface area contributed by atoms with Gasteiger partial charge >= 0.3 is 5.97 Å². The smallest absolute Gasteiger partial charge is 0.305 e. The molecule has 1 aliphatic carbocycles. The summed E-state index contributed by atoms with van der Waals surface area (Å²) in [5.74, 6) is -0.0593. The average Bonchev–Trinajstić information content (AvgIpc) is 2.31. The molecule has 0 spiro atoms. The van der Waals surface area contributed by atoms with Crippen molar-refractivity contribution in [1.29, 1.82) is 0 Å². The van der Waals surface area contributed by atoms with Crippen LogP contribution in [0.2, 0.25) is 0 Å². The maximum Gasteiger partial charge on any atom is 0.305 e. The molecule has 0 saturated heterocycles. The highest BCUT2D eigenvalue weighted by Gasteiger charge is 2.06. The van der Waals surface area contributed by atoms with Crippen molar-refractivity contribution < 1.29 is 9.53 Å². The zero-order chi connectivity index (χ0) is 12.9. The van der Waals surface area contributed by atoms with E-state index in [0.29, 0.717) is 19.1 Å². The van der Waals surface area contributed by atoms with E-state index in [1.807, 2.05) is 6.92 Å². The summed E-state index contributed by atoms with van der Waals surface area (Å²) in [5, 5.41) is 0. The van der Waals surface area contributed by atoms with Gasteiger partial charge in [-0.25, -0.2) is 0 Å². The molecule has 102 valence electrons. The summed E-state index contributed by atoms with van der Waals surface area (Å²) in [5.41, 5.74) is 5.63. The molecule has 0 unspecified atom stereocenters. The molecule has 1 aliphatic rings. The largest absolute Gasteiger partial charge is 0.466 e. The van der Waals surface area contributed by atoms with Crippen LogP contribution in [0.3, 0.4) is 0 Å². The predicted octanol–water partition coefficient (Wildman–Crippen LogP) is 3.41. The van der Waals surface area contributed by atoms with Crippen LogP contribution >= 0.6 is 0 Å². The van der Waals surface area contributed by atoms with Crippen LogP contribution < -0.4 is 5.73 Å². The number of rotatable bonds is 5. The van der Waals surface area contributed by atoms with Crippen molar-refractivity contribution in [2.24, 2.45) is 5.73 Å². The van der Waals surface area contributed by atoms with Crippen molar-refractivity contribution >= 4 is 5.97 Å². The van der Waals surface area contributed by atoms with Gasteiger partial charge in [0.1, 0.15) is 0 Å². The van der Waals surface area contributed by atoms with Gasteiger partial charge in [-0.05, 0) is 26.2 Å². The minimum atomic E-state index is -0.0593. The lowest BCUT2D eigenvalue weighted by molar-refractivity contribution is -0.143. The Morgan fingerprint density at radius 2 is 1.82 bits per heavy atom. The van der Waals surface area contributed by atoms with Crippen molar-refractivity contribution in [3.05, 3.63) is 0 Å². The van der Waals surface area contributed by atoms with Gasteiger partial charge in [0.2, 0.25) is 0 Å². The standard InChI is InChI=1S/C8H16O2.C6H13N/c1-3-5-6-7-8(9)10-4-2;7-6-4-2-1-3-5-6/h3-7H2,1-2H3;6H,1-5,7H2. The molecular formula is C14H29NO2. The first kappa shape index (κ1) is 16.4. The first-order valence-corrected chi connectivity index (χ1v) is 7.11. The fourth-order valence-electron chi connectivity index (χ4n) is 1.89. The van der Waals surface area contributed by atoms with Crippen molar-refractivity contribution in [1.82, 2.24) is 0 Å². The number of ether oxygens (including phenoxy) is 1. The van der Waals surface area contributed by atoms with E-state index < -0.39 is 0 Å². The second-order valence-electron chi connectivity index (χ2n) is 4.66. The number of esters is 1. The average molecular weight is 243 g/mol. The van der Waals surface area contributed by atoms with Gasteiger partial charge in [-0.2, -0.15) is 0 Å². The highest BCUT2D eigenvalue weighted by Crippen LogP contribution is 2.14. The molecule has 0 radical (unpaired) electrons. The Morgan fingerprint density at radius 1 is 1.18 bits per heavy atom. The van der Waals surface area contributed by atoms with Crippen LogP contribution in [-0.4, -0.2) is 18.6 Å². The molecule has 3 nitrogen and oxygen atoms in total. The Kier molecular flexibility index (Phi) is 11.5. The number of carbonyl (C=O) groups excluding carboxylic acids is 1. The Bertz CT molecular complexity index is 177. The van der Waals surface area contributed by atoms with Gasteiger partial charge in [-0.15, -0.1) is 0 Å². The van der Waals surface area contributed by atoms with Crippen LogP contribution in [0, 0.1) is 0 Å². The first-order chi connectivity index (χ1) is 8.20. The molecule has 0 aromatic rings. The zero-order valence-electron chi connectivity index (χ0n) is 11.5. The van der Waals surface area contributed by atoms with Crippen LogP contribution in [0.4, 0.5) is 0 Å². The SMILES string of the molecule is CCCCCC(=O)OCC.NC1CCCCC1. The Balaban J connectivity index is 0.000000318. The molecule has 3 heteroatoms. The minimum Gasteiger partial charge on any atom is -0.466 e. The van der Waals surface area contributed by atoms with Gasteiger partial charge < -0.3 is 10.5 Å². The normalized spacial score (nSPS) is 15.9. The third-order valence-electron chi connectivity index (χ3n) is 2.94. The molecule has 1 saturated carbocycles. The highest BCUT2D eigenvalue weighted by atomic mass is 16.5. The third kappa shape index (κ3) is 11.7. The van der Waals surface area contributed by atoms with Crippen LogP contribution in [0.1, 0.15) is 71.6 Å². The third-order valence-corrected chi connectivity index (χ3v) is 2.94. The molecule has 1 fully saturated rings. The second kappa shape index (κ2) is 11.9. The topological polar surface area (TPSA) is 52.3 Å². The fourth-order valence-corrected chi connectivity index (χ4v) is 1.89. The molecule has 0 atom stereocenters. The molecule has 0 amide bonds. The Morgan fingerprint density at radius 3 is 2.24 bits per heavy atom. The molecule has 0 bridgehead atoms. The lowest BCUT2D eigenvalue weighted by Crippen LogP contribution is -2.22. The van der Waals surface area contributed by atoms with Crippen LogP contribution in [0.5, 0.6) is 0 Å². The summed E-state index contributed by atoms with van der Waals surface area (Å²) in [4.78, 5) is 10.7. The predicted molar refractivity (Wildman–Crippen MR) is 71.8 cm³/mol. The van der Waals surface area contributed by atoms with Crippen molar-refractivity contribution in [2.45, 2.75) is 77.7 Å². The molecule has 2 N–H and O–H groups in total. The summed E-state index contributed by atoms with van der Waals surface area (Å²) in [7, 11) is 0. The number of carbonyl (C=O) groups is 1. The summed E-state index contributed by atoms with van der Waals surface area (Å²) >= 11 is 0. The van der Waals surface area contributed by atoms with Crippen molar-refractivity contribution in [3.63, 3.8) is 0 Å². The van der Waals surface area contributed by atoms with Gasteiger partial charge in [0.25, 0.3) is 0 Å². The highest BCUT2D eigenvalue weighted by molar-refractivity contribution is 5.69. The summed E-state index contributed by atoms with van der Waals surface area (Å²) in [6, 6.07) is 0.536. The van der Waals surface area contributed by atoms with E-state index >= 15 is 0 Å². The first-order valence-electron chi connectivity index (χ1n) is 7.11. The van der Waals surface area contributed by atoms with Gasteiger partial charge in [-0.1, -0.05) is 39.0 Å². The van der Waals surface area contributed by atoms with E-state index in [1.54, 1.807) is 0 Å². The minimum absolute atomic E-state index is 0.0593. The van der Waals surface area contributed by atoms with Gasteiger partial charge in [0.05, 0.1) is 6.61 Å². The monoisotopic (exact) mass is 243 g/mol. The second-order valence-corrected chi connectivity index (χ2v) is 4.66. The molecule has 1 rings (SSSR count). The molecule has 17 heavy (non-hydrogen) atoms.